The topological polar surface area (TPSA) is 6.48 Å². The summed E-state index contributed by atoms with van der Waals surface area (Å²) in [5, 5.41) is 0. The summed E-state index contributed by atoms with van der Waals surface area (Å²) in [5.41, 5.74) is 0. The Morgan fingerprint density at radius 2 is 1.25 bits per heavy atom. The zero-order valence-corrected chi connectivity index (χ0v) is 9.07. The van der Waals surface area contributed by atoms with E-state index < -0.39 is 0 Å². The Hall–Kier alpha value is 0.0748. The number of hydrogen-bond acceptors (Lipinski definition) is 2. The van der Waals surface area contributed by atoms with Gasteiger partial charge in [-0.05, 0) is 28.2 Å². The lowest BCUT2D eigenvalue weighted by molar-refractivity contribution is -0.678. The maximum Gasteiger partial charge on any atom is 0.205 e. The summed E-state index contributed by atoms with van der Waals surface area (Å²) >= 11 is 0. The SMILES string of the molecule is CN(C)B1[B-]B(N(C)C)[N+]1(C)C. The molecule has 1 saturated heterocycles. The molecule has 3 nitrogen and oxygen atoms in total. The fraction of sp³-hybridized carbons (Fsp3) is 1.00. The molecule has 0 aromatic heterocycles. The van der Waals surface area contributed by atoms with Crippen molar-refractivity contribution in [2.45, 2.75) is 0 Å². The van der Waals surface area contributed by atoms with Crippen LogP contribution in [0, 0.1) is 0 Å². The summed E-state index contributed by atoms with van der Waals surface area (Å²) in [6.07, 6.45) is 0. The number of rotatable bonds is 2. The highest BCUT2D eigenvalue weighted by molar-refractivity contribution is 7.44. The van der Waals surface area contributed by atoms with Crippen molar-refractivity contribution in [1.29, 1.82) is 0 Å². The van der Waals surface area contributed by atoms with Crippen LogP contribution >= 0.6 is 0 Å². The second-order valence-corrected chi connectivity index (χ2v) is 4.58. The highest BCUT2D eigenvalue weighted by Crippen LogP contribution is 2.19. The quantitative estimate of drug-likeness (QED) is 0.477. The zero-order valence-electron chi connectivity index (χ0n) is 9.07. The Morgan fingerprint density at radius 3 is 1.42 bits per heavy atom. The van der Waals surface area contributed by atoms with E-state index >= 15 is 0 Å². The third-order valence-corrected chi connectivity index (χ3v) is 2.77. The minimum absolute atomic E-state index is 0.567. The normalized spacial score (nSPS) is 22.0. The van der Waals surface area contributed by atoms with E-state index in [1.54, 1.807) is 0 Å². The molecule has 66 valence electrons. The summed E-state index contributed by atoms with van der Waals surface area (Å²) < 4.78 is 1.04. The van der Waals surface area contributed by atoms with E-state index in [9.17, 15) is 0 Å². The second-order valence-electron chi connectivity index (χ2n) is 4.58. The van der Waals surface area contributed by atoms with Crippen molar-refractivity contribution in [2.24, 2.45) is 0 Å². The van der Waals surface area contributed by atoms with Gasteiger partial charge in [-0.3, -0.25) is 0 Å². The Labute approximate surface area is 77.7 Å². The van der Waals surface area contributed by atoms with Gasteiger partial charge in [0, 0.05) is 14.1 Å². The summed E-state index contributed by atoms with van der Waals surface area (Å²) in [7, 11) is 15.5. The molecule has 0 aromatic carbocycles. The summed E-state index contributed by atoms with van der Waals surface area (Å²) in [6, 6.07) is 0. The van der Waals surface area contributed by atoms with Crippen molar-refractivity contribution >= 4 is 20.8 Å². The molecule has 1 aliphatic rings. The van der Waals surface area contributed by atoms with Crippen LogP contribution in [0.2, 0.25) is 0 Å². The van der Waals surface area contributed by atoms with Crippen molar-refractivity contribution in [1.82, 2.24) is 9.62 Å². The van der Waals surface area contributed by atoms with Gasteiger partial charge in [0.05, 0.1) is 0 Å². The average Bonchev–Trinajstić information content (AvgIpc) is 1.83. The summed E-state index contributed by atoms with van der Waals surface area (Å²) in [4.78, 5) is 4.53. The van der Waals surface area contributed by atoms with Crippen LogP contribution in [-0.2, 0) is 0 Å². The Morgan fingerprint density at radius 1 is 0.917 bits per heavy atom. The van der Waals surface area contributed by atoms with E-state index in [1.165, 1.54) is 0 Å². The van der Waals surface area contributed by atoms with Gasteiger partial charge in [-0.25, -0.2) is 0 Å². The fourth-order valence-electron chi connectivity index (χ4n) is 2.19. The minimum atomic E-state index is 0.567. The van der Waals surface area contributed by atoms with Crippen molar-refractivity contribution < 1.29 is 4.31 Å². The highest BCUT2D eigenvalue weighted by Gasteiger charge is 2.44. The van der Waals surface area contributed by atoms with Gasteiger partial charge in [-0.15, -0.1) is 0 Å². The van der Waals surface area contributed by atoms with Crippen LogP contribution in [0.4, 0.5) is 0 Å². The fourth-order valence-corrected chi connectivity index (χ4v) is 2.19. The molecule has 0 atom stereocenters. The molecule has 0 bridgehead atoms. The lowest BCUT2D eigenvalue weighted by Crippen LogP contribution is -2.87. The molecule has 12 heavy (non-hydrogen) atoms. The van der Waals surface area contributed by atoms with E-state index in [-0.39, 0.29) is 0 Å². The Bertz CT molecular complexity index is 155. The van der Waals surface area contributed by atoms with Crippen molar-refractivity contribution in [3.63, 3.8) is 0 Å². The van der Waals surface area contributed by atoms with Crippen molar-refractivity contribution in [3.8, 4) is 0 Å². The van der Waals surface area contributed by atoms with E-state index in [2.05, 4.69) is 59.0 Å². The van der Waals surface area contributed by atoms with Gasteiger partial charge in [-0.1, -0.05) is 0 Å². The molecule has 1 fully saturated rings. The van der Waals surface area contributed by atoms with Gasteiger partial charge >= 0.3 is 0 Å². The molecule has 0 N–H and O–H groups in total. The molecule has 6 heteroatoms. The molecule has 2 radical (unpaired) electrons. The molecule has 0 aliphatic carbocycles. The van der Waals surface area contributed by atoms with Crippen LogP contribution in [0.5, 0.6) is 0 Å². The Kier molecular flexibility index (Phi) is 2.62. The predicted molar refractivity (Wildman–Crippen MR) is 56.7 cm³/mol. The number of nitrogens with zero attached hydrogens (tertiary/aromatic N) is 3. The van der Waals surface area contributed by atoms with Crippen LogP contribution in [0.25, 0.3) is 0 Å². The first-order chi connectivity index (χ1) is 5.37. The first-order valence-electron chi connectivity index (χ1n) is 4.38. The van der Waals surface area contributed by atoms with Gasteiger partial charge in [0.2, 0.25) is 13.7 Å². The molecule has 0 aromatic rings. The Balaban J connectivity index is 2.59. The van der Waals surface area contributed by atoms with E-state index in [1.807, 2.05) is 0 Å². The minimum Gasteiger partial charge on any atom is -0.511 e. The molecule has 1 heterocycles. The summed E-state index contributed by atoms with van der Waals surface area (Å²) in [5.74, 6) is 0. The standard InChI is InChI=1S/C6H18B3N3/c1-10(2)8-7-9(11(3)4)12(8,5)6/h1-6H3. The first-order valence-corrected chi connectivity index (χ1v) is 4.38. The number of quaternary nitrogens is 1. The molecule has 1 rings (SSSR count). The van der Waals surface area contributed by atoms with Crippen LogP contribution in [0.15, 0.2) is 0 Å². The largest absolute Gasteiger partial charge is 0.511 e. The van der Waals surface area contributed by atoms with E-state index in [0.717, 1.165) is 4.31 Å². The van der Waals surface area contributed by atoms with Crippen LogP contribution in [-0.4, -0.2) is 77.0 Å². The second kappa shape index (κ2) is 3.09. The van der Waals surface area contributed by atoms with Gasteiger partial charge in [0.1, 0.15) is 0 Å². The molecule has 0 saturated carbocycles. The van der Waals surface area contributed by atoms with E-state index in [4.69, 9.17) is 0 Å². The van der Waals surface area contributed by atoms with Crippen LogP contribution in [0.1, 0.15) is 0 Å². The third kappa shape index (κ3) is 1.43. The molecule has 1 aliphatic heterocycles. The molecule has 0 amide bonds. The van der Waals surface area contributed by atoms with Crippen molar-refractivity contribution in [2.75, 3.05) is 42.3 Å². The molecular weight excluding hydrogens is 147 g/mol. The number of hydrogen-bond donors (Lipinski definition) is 0. The smallest absolute Gasteiger partial charge is 0.205 e. The van der Waals surface area contributed by atoms with Gasteiger partial charge in [0.25, 0.3) is 0 Å². The maximum absolute atomic E-state index is 2.39. The summed E-state index contributed by atoms with van der Waals surface area (Å²) in [6.45, 7) is 1.13. The third-order valence-electron chi connectivity index (χ3n) is 2.77. The predicted octanol–water partition coefficient (Wildman–Crippen LogP) is -1.13. The highest BCUT2D eigenvalue weighted by atomic mass is 15.3. The monoisotopic (exact) mass is 165 g/mol. The lowest BCUT2D eigenvalue weighted by atomic mass is 9.01. The van der Waals surface area contributed by atoms with Gasteiger partial charge in [0.15, 0.2) is 0 Å². The first kappa shape index (κ1) is 10.2. The van der Waals surface area contributed by atoms with Gasteiger partial charge in [-0.2, -0.15) is 7.06 Å². The van der Waals surface area contributed by atoms with Crippen LogP contribution in [0.3, 0.4) is 0 Å². The average molecular weight is 165 g/mol. The van der Waals surface area contributed by atoms with Gasteiger partial charge < -0.3 is 13.9 Å². The van der Waals surface area contributed by atoms with Crippen molar-refractivity contribution in [3.05, 3.63) is 0 Å². The molecule has 0 spiro atoms. The zero-order chi connectivity index (χ0) is 9.52. The van der Waals surface area contributed by atoms with Crippen LogP contribution < -0.4 is 0 Å². The maximum atomic E-state index is 2.39. The van der Waals surface area contributed by atoms with E-state index in [0.29, 0.717) is 13.7 Å². The molecular formula is C6H18B3N3. The lowest BCUT2D eigenvalue weighted by Gasteiger charge is -2.66. The molecule has 0 unspecified atom stereocenters.